The standard InChI is InChI=1S/C21H18F2/c1-2-6-18-13-14-19(21(23)20(18)22)17-11-9-16(10-12-17)15-7-4-3-5-8-15/h3-5,7-14H,2,6H2,1H3. The fourth-order valence-corrected chi connectivity index (χ4v) is 2.75. The summed E-state index contributed by atoms with van der Waals surface area (Å²) in [6, 6.07) is 20.8. The molecule has 0 nitrogen and oxygen atoms in total. The number of halogens is 2. The lowest BCUT2D eigenvalue weighted by atomic mass is 9.98. The average Bonchev–Trinajstić information content (AvgIpc) is 2.60. The number of hydrogen-bond donors (Lipinski definition) is 0. The van der Waals surface area contributed by atoms with Crippen molar-refractivity contribution >= 4 is 0 Å². The summed E-state index contributed by atoms with van der Waals surface area (Å²) in [6.45, 7) is 1.95. The number of hydrogen-bond acceptors (Lipinski definition) is 0. The van der Waals surface area contributed by atoms with Gasteiger partial charge in [0, 0.05) is 5.56 Å². The SMILES string of the molecule is CCCc1ccc(-c2ccc(-c3ccccc3)cc2)c(F)c1F. The van der Waals surface area contributed by atoms with E-state index in [-0.39, 0.29) is 0 Å². The number of rotatable bonds is 4. The van der Waals surface area contributed by atoms with E-state index in [0.29, 0.717) is 23.1 Å². The molecule has 0 saturated heterocycles. The van der Waals surface area contributed by atoms with E-state index in [1.165, 1.54) is 0 Å². The zero-order chi connectivity index (χ0) is 16.2. The van der Waals surface area contributed by atoms with Crippen molar-refractivity contribution < 1.29 is 8.78 Å². The zero-order valence-electron chi connectivity index (χ0n) is 13.0. The molecule has 0 atom stereocenters. The van der Waals surface area contributed by atoms with Crippen LogP contribution in [-0.2, 0) is 6.42 Å². The number of benzene rings is 3. The molecule has 0 amide bonds. The molecule has 23 heavy (non-hydrogen) atoms. The maximum absolute atomic E-state index is 14.3. The first-order valence-corrected chi connectivity index (χ1v) is 7.83. The lowest BCUT2D eigenvalue weighted by Gasteiger charge is -2.09. The van der Waals surface area contributed by atoms with E-state index >= 15 is 0 Å². The molecule has 0 bridgehead atoms. The van der Waals surface area contributed by atoms with Gasteiger partial charge in [-0.25, -0.2) is 8.78 Å². The van der Waals surface area contributed by atoms with Crippen LogP contribution in [0.15, 0.2) is 66.7 Å². The summed E-state index contributed by atoms with van der Waals surface area (Å²) in [5.74, 6) is -1.49. The molecular formula is C21H18F2. The predicted molar refractivity (Wildman–Crippen MR) is 91.2 cm³/mol. The molecule has 3 aromatic rings. The minimum Gasteiger partial charge on any atom is -0.203 e. The normalized spacial score (nSPS) is 10.7. The Balaban J connectivity index is 1.95. The Labute approximate surface area is 135 Å². The van der Waals surface area contributed by atoms with Crippen LogP contribution >= 0.6 is 0 Å². The monoisotopic (exact) mass is 308 g/mol. The van der Waals surface area contributed by atoms with Gasteiger partial charge in [0.1, 0.15) is 0 Å². The second kappa shape index (κ2) is 6.74. The highest BCUT2D eigenvalue weighted by molar-refractivity contribution is 5.70. The Hall–Kier alpha value is -2.48. The second-order valence-corrected chi connectivity index (χ2v) is 5.59. The van der Waals surface area contributed by atoms with Gasteiger partial charge in [-0.2, -0.15) is 0 Å². The van der Waals surface area contributed by atoms with E-state index in [0.717, 1.165) is 17.5 Å². The molecule has 3 rings (SSSR count). The van der Waals surface area contributed by atoms with Crippen molar-refractivity contribution in [1.82, 2.24) is 0 Å². The smallest absolute Gasteiger partial charge is 0.166 e. The fraction of sp³-hybridized carbons (Fsp3) is 0.143. The summed E-state index contributed by atoms with van der Waals surface area (Å²) < 4.78 is 28.4. The second-order valence-electron chi connectivity index (χ2n) is 5.59. The van der Waals surface area contributed by atoms with Gasteiger partial charge >= 0.3 is 0 Å². The number of aryl methyl sites for hydroxylation is 1. The van der Waals surface area contributed by atoms with Gasteiger partial charge < -0.3 is 0 Å². The lowest BCUT2D eigenvalue weighted by molar-refractivity contribution is 0.500. The molecule has 116 valence electrons. The summed E-state index contributed by atoms with van der Waals surface area (Å²) in [7, 11) is 0. The Morgan fingerprint density at radius 2 is 1.26 bits per heavy atom. The van der Waals surface area contributed by atoms with E-state index in [1.807, 2.05) is 61.5 Å². The first-order chi connectivity index (χ1) is 11.2. The van der Waals surface area contributed by atoms with E-state index in [4.69, 9.17) is 0 Å². The molecule has 0 aliphatic rings. The van der Waals surface area contributed by atoms with Gasteiger partial charge in [-0.15, -0.1) is 0 Å². The van der Waals surface area contributed by atoms with Gasteiger partial charge in [0.25, 0.3) is 0 Å². The molecule has 0 heterocycles. The van der Waals surface area contributed by atoms with Gasteiger partial charge in [0.2, 0.25) is 0 Å². The molecule has 0 aromatic heterocycles. The summed E-state index contributed by atoms with van der Waals surface area (Å²) in [5, 5.41) is 0. The van der Waals surface area contributed by atoms with Gasteiger partial charge in [-0.3, -0.25) is 0 Å². The minimum absolute atomic E-state index is 0.307. The first kappa shape index (κ1) is 15.4. The third-order valence-corrected chi connectivity index (χ3v) is 3.98. The minimum atomic E-state index is -0.761. The van der Waals surface area contributed by atoms with Crippen LogP contribution < -0.4 is 0 Å². The molecule has 3 aromatic carbocycles. The summed E-state index contributed by atoms with van der Waals surface area (Å²) in [6.07, 6.45) is 1.34. The molecule has 0 radical (unpaired) electrons. The van der Waals surface area contributed by atoms with Crippen LogP contribution in [0.25, 0.3) is 22.3 Å². The highest BCUT2D eigenvalue weighted by atomic mass is 19.2. The van der Waals surface area contributed by atoms with E-state index < -0.39 is 11.6 Å². The van der Waals surface area contributed by atoms with Crippen LogP contribution in [0, 0.1) is 11.6 Å². The van der Waals surface area contributed by atoms with Gasteiger partial charge in [-0.1, -0.05) is 80.1 Å². The van der Waals surface area contributed by atoms with Crippen LogP contribution in [0.2, 0.25) is 0 Å². The van der Waals surface area contributed by atoms with Crippen molar-refractivity contribution in [2.45, 2.75) is 19.8 Å². The van der Waals surface area contributed by atoms with Crippen molar-refractivity contribution in [3.63, 3.8) is 0 Å². The first-order valence-electron chi connectivity index (χ1n) is 7.83. The van der Waals surface area contributed by atoms with Crippen LogP contribution in [0.4, 0.5) is 8.78 Å². The average molecular weight is 308 g/mol. The van der Waals surface area contributed by atoms with E-state index in [9.17, 15) is 8.78 Å². The third kappa shape index (κ3) is 3.16. The third-order valence-electron chi connectivity index (χ3n) is 3.98. The fourth-order valence-electron chi connectivity index (χ4n) is 2.75. The Morgan fingerprint density at radius 3 is 1.91 bits per heavy atom. The van der Waals surface area contributed by atoms with Crippen LogP contribution in [0.1, 0.15) is 18.9 Å². The van der Waals surface area contributed by atoms with Crippen molar-refractivity contribution in [3.05, 3.63) is 83.9 Å². The molecular weight excluding hydrogens is 290 g/mol. The molecule has 2 heteroatoms. The van der Waals surface area contributed by atoms with E-state index in [1.54, 1.807) is 12.1 Å². The van der Waals surface area contributed by atoms with Crippen molar-refractivity contribution in [2.75, 3.05) is 0 Å². The summed E-state index contributed by atoms with van der Waals surface area (Å²) in [4.78, 5) is 0. The molecule has 0 aliphatic heterocycles. The van der Waals surface area contributed by atoms with Crippen LogP contribution in [0.3, 0.4) is 0 Å². The van der Waals surface area contributed by atoms with Gasteiger partial charge in [0.05, 0.1) is 0 Å². The molecule has 0 saturated carbocycles. The van der Waals surface area contributed by atoms with Crippen LogP contribution in [-0.4, -0.2) is 0 Å². The summed E-state index contributed by atoms with van der Waals surface area (Å²) >= 11 is 0. The van der Waals surface area contributed by atoms with Crippen molar-refractivity contribution in [2.24, 2.45) is 0 Å². The zero-order valence-corrected chi connectivity index (χ0v) is 13.0. The van der Waals surface area contributed by atoms with Gasteiger partial charge in [0.15, 0.2) is 11.6 Å². The van der Waals surface area contributed by atoms with E-state index in [2.05, 4.69) is 0 Å². The molecule has 0 unspecified atom stereocenters. The maximum atomic E-state index is 14.3. The molecule has 0 spiro atoms. The quantitative estimate of drug-likeness (QED) is 0.534. The summed E-state index contributed by atoms with van der Waals surface area (Å²) in [5.41, 5.74) is 3.59. The lowest BCUT2D eigenvalue weighted by Crippen LogP contribution is -1.97. The largest absolute Gasteiger partial charge is 0.203 e. The van der Waals surface area contributed by atoms with Crippen molar-refractivity contribution in [3.8, 4) is 22.3 Å². The Kier molecular flexibility index (Phi) is 4.52. The Morgan fingerprint density at radius 1 is 0.652 bits per heavy atom. The molecule has 0 N–H and O–H groups in total. The topological polar surface area (TPSA) is 0 Å². The molecule has 0 aliphatic carbocycles. The highest BCUT2D eigenvalue weighted by Crippen LogP contribution is 2.29. The highest BCUT2D eigenvalue weighted by Gasteiger charge is 2.14. The van der Waals surface area contributed by atoms with Crippen molar-refractivity contribution in [1.29, 1.82) is 0 Å². The Bertz CT molecular complexity index is 790. The van der Waals surface area contributed by atoms with Crippen LogP contribution in [0.5, 0.6) is 0 Å². The maximum Gasteiger partial charge on any atom is 0.166 e. The van der Waals surface area contributed by atoms with Gasteiger partial charge in [-0.05, 0) is 28.7 Å². The molecule has 0 fully saturated rings. The predicted octanol–water partition coefficient (Wildman–Crippen LogP) is 6.25.